The third-order valence-corrected chi connectivity index (χ3v) is 0. The van der Waals surface area contributed by atoms with Gasteiger partial charge in [-0.3, -0.25) is 0 Å². The van der Waals surface area contributed by atoms with Crippen LogP contribution in [-0.4, -0.2) is 18.9 Å². The van der Waals surface area contributed by atoms with Gasteiger partial charge in [0.05, 0.1) is 0 Å². The van der Waals surface area contributed by atoms with Crippen LogP contribution in [-0.2, 0) is 76.5 Å². The van der Waals surface area contributed by atoms with Crippen LogP contribution in [0, 0.1) is 0 Å². The Balaban J connectivity index is 0. The predicted octanol–water partition coefficient (Wildman–Crippen LogP) is -0.391. The molecule has 0 unspecified atom stereocenters. The van der Waals surface area contributed by atoms with Crippen LogP contribution in [0.4, 0.5) is 0 Å². The Hall–Kier alpha value is 3.00. The topological polar surface area (TPSA) is 0 Å². The maximum Gasteiger partial charge on any atom is 0 e. The molecule has 5 heavy (non-hydrogen) atoms. The molecule has 0 aliphatic rings. The molecule has 0 aromatic heterocycles. The van der Waals surface area contributed by atoms with Crippen molar-refractivity contribution in [2.45, 2.75) is 0 Å². The van der Waals surface area contributed by atoms with Crippen LogP contribution in [0.3, 0.4) is 0 Å². The Labute approximate surface area is 93.9 Å². The van der Waals surface area contributed by atoms with E-state index in [2.05, 4.69) is 0 Å². The third kappa shape index (κ3) is 19.4. The molecule has 0 bridgehead atoms. The number of hydrogen-bond donors (Lipinski definition) is 0. The Bertz CT molecular complexity index is 11.6. The van der Waals surface area contributed by atoms with Gasteiger partial charge in [-0.25, -0.2) is 0 Å². The maximum atomic E-state index is 0. The fraction of sp³-hybridized carbons (Fsp3) is 0. The van der Waals surface area contributed by atoms with Crippen LogP contribution >= 0.6 is 0 Å². The fourth-order valence-electron chi connectivity index (χ4n) is 0. The number of hydrogen-bond acceptors (Lipinski definition) is 0. The van der Waals surface area contributed by atoms with E-state index in [1.165, 1.54) is 0 Å². The summed E-state index contributed by atoms with van der Waals surface area (Å²) in [6.45, 7) is 0. The van der Waals surface area contributed by atoms with Crippen LogP contribution in [0.5, 0.6) is 0 Å². The van der Waals surface area contributed by atoms with E-state index in [-0.39, 0.29) is 95.4 Å². The first-order chi connectivity index (χ1) is 0. The largest absolute Gasteiger partial charge is 0 e. The zero-order chi connectivity index (χ0) is 0. The van der Waals surface area contributed by atoms with Crippen molar-refractivity contribution in [3.8, 4) is 0 Å². The quantitative estimate of drug-likeness (QED) is 0.526. The van der Waals surface area contributed by atoms with Gasteiger partial charge in [0.2, 0.25) is 0 Å². The second kappa shape index (κ2) is 28.0. The van der Waals surface area contributed by atoms with Crippen molar-refractivity contribution in [1.29, 1.82) is 0 Å². The minimum atomic E-state index is 0. The molecule has 0 aromatic rings. The first kappa shape index (κ1) is 43.6. The molecule has 0 aliphatic carbocycles. The Kier molecular flexibility index (Phi) is 244. The van der Waals surface area contributed by atoms with Crippen molar-refractivity contribution in [2.24, 2.45) is 0 Å². The SMILES string of the molecule is [Co].[Li].[Mn].[Ni].[Zr]. The summed E-state index contributed by atoms with van der Waals surface area (Å²) in [6.07, 6.45) is 0. The Morgan fingerprint density at radius 2 is 1.00 bits per heavy atom. The molecule has 0 spiro atoms. The molecule has 0 nitrogen and oxygen atoms in total. The molecule has 0 heterocycles. The molecule has 31 valence electrons. The van der Waals surface area contributed by atoms with Crippen LogP contribution in [0.15, 0.2) is 0 Å². The molecule has 0 amide bonds. The van der Waals surface area contributed by atoms with Crippen molar-refractivity contribution in [3.63, 3.8) is 0 Å². The Morgan fingerprint density at radius 1 is 1.00 bits per heavy atom. The van der Waals surface area contributed by atoms with Gasteiger partial charge in [0.1, 0.15) is 0 Å². The van der Waals surface area contributed by atoms with Gasteiger partial charge in [-0.05, 0) is 0 Å². The average molecular weight is 271 g/mol. The predicted molar refractivity (Wildman–Crippen MR) is 5.75 cm³/mol. The van der Waals surface area contributed by atoms with Crippen LogP contribution in [0.1, 0.15) is 0 Å². The summed E-state index contributed by atoms with van der Waals surface area (Å²) in [5, 5.41) is 0. The fourth-order valence-corrected chi connectivity index (χ4v) is 0. The molecular formula is CoLiMnNiZr. The van der Waals surface area contributed by atoms with E-state index in [9.17, 15) is 0 Å². The summed E-state index contributed by atoms with van der Waals surface area (Å²) in [6, 6.07) is 0. The molecule has 0 saturated heterocycles. The van der Waals surface area contributed by atoms with E-state index < -0.39 is 0 Å². The van der Waals surface area contributed by atoms with E-state index in [0.717, 1.165) is 0 Å². The summed E-state index contributed by atoms with van der Waals surface area (Å²) in [5.74, 6) is 0. The standard InChI is InChI=1S/Co.Li.Mn.Ni.Zr. The minimum Gasteiger partial charge on any atom is 0 e. The first-order valence-electron chi connectivity index (χ1n) is 0. The van der Waals surface area contributed by atoms with Crippen LogP contribution in [0.2, 0.25) is 0 Å². The van der Waals surface area contributed by atoms with Gasteiger partial charge in [0.15, 0.2) is 0 Å². The van der Waals surface area contributed by atoms with Crippen molar-refractivity contribution in [2.75, 3.05) is 0 Å². The molecule has 0 rings (SSSR count). The second-order valence-electron chi connectivity index (χ2n) is 0. The third-order valence-electron chi connectivity index (χ3n) is 0. The van der Waals surface area contributed by atoms with Crippen LogP contribution in [0.25, 0.3) is 0 Å². The van der Waals surface area contributed by atoms with Gasteiger partial charge < -0.3 is 0 Å². The smallest absolute Gasteiger partial charge is 0 e. The van der Waals surface area contributed by atoms with Crippen LogP contribution < -0.4 is 0 Å². The zero-order valence-electron chi connectivity index (χ0n) is 2.53. The maximum absolute atomic E-state index is 0. The monoisotopic (exact) mass is 269 g/mol. The van der Waals surface area contributed by atoms with Gasteiger partial charge in [-0.15, -0.1) is 0 Å². The van der Waals surface area contributed by atoms with Crippen molar-refractivity contribution in [3.05, 3.63) is 0 Å². The molecule has 0 atom stereocenters. The second-order valence-corrected chi connectivity index (χ2v) is 0. The summed E-state index contributed by atoms with van der Waals surface area (Å²) in [7, 11) is 0. The van der Waals surface area contributed by atoms with Gasteiger partial charge in [0.25, 0.3) is 0 Å². The zero-order valence-corrected chi connectivity index (χ0v) is 8.19. The molecule has 0 fully saturated rings. The molecule has 0 saturated carbocycles. The normalized spacial score (nSPS) is 0. The van der Waals surface area contributed by atoms with E-state index in [0.29, 0.717) is 0 Å². The average Bonchev–Trinajstić information content (AvgIpc) is 0. The molecule has 5 heteroatoms. The van der Waals surface area contributed by atoms with Crippen molar-refractivity contribution >= 4 is 18.9 Å². The van der Waals surface area contributed by atoms with Crippen molar-refractivity contribution in [1.82, 2.24) is 0 Å². The van der Waals surface area contributed by atoms with Gasteiger partial charge in [-0.1, -0.05) is 0 Å². The number of rotatable bonds is 0. The van der Waals surface area contributed by atoms with E-state index >= 15 is 0 Å². The van der Waals surface area contributed by atoms with Gasteiger partial charge >= 0.3 is 0 Å². The molecule has 0 aliphatic heterocycles. The van der Waals surface area contributed by atoms with Gasteiger partial charge in [0, 0.05) is 95.4 Å². The Morgan fingerprint density at radius 3 is 1.00 bits per heavy atom. The van der Waals surface area contributed by atoms with E-state index in [1.54, 1.807) is 0 Å². The molecule has 0 aromatic carbocycles. The molecule has 3 radical (unpaired) electrons. The summed E-state index contributed by atoms with van der Waals surface area (Å²) in [5.41, 5.74) is 0. The van der Waals surface area contributed by atoms with E-state index in [1.807, 2.05) is 0 Å². The summed E-state index contributed by atoms with van der Waals surface area (Å²) in [4.78, 5) is 0. The van der Waals surface area contributed by atoms with E-state index in [4.69, 9.17) is 0 Å². The molecule has 0 N–H and O–H groups in total. The van der Waals surface area contributed by atoms with Gasteiger partial charge in [-0.2, -0.15) is 0 Å². The summed E-state index contributed by atoms with van der Waals surface area (Å²) >= 11 is 0. The summed E-state index contributed by atoms with van der Waals surface area (Å²) < 4.78 is 0. The minimum absolute atomic E-state index is 0. The first-order valence-corrected chi connectivity index (χ1v) is 0. The molecular weight excluding hydrogens is 271 g/mol. The van der Waals surface area contributed by atoms with Crippen molar-refractivity contribution < 1.29 is 76.5 Å².